The summed E-state index contributed by atoms with van der Waals surface area (Å²) in [5, 5.41) is 3.26. The zero-order chi connectivity index (χ0) is 16.7. The van der Waals surface area contributed by atoms with E-state index in [1.807, 2.05) is 65.3 Å². The van der Waals surface area contributed by atoms with Crippen LogP contribution in [0.5, 0.6) is 0 Å². The molecule has 3 rings (SSSR count). The average molecular weight is 346 g/mol. The zero-order valence-corrected chi connectivity index (χ0v) is 14.5. The van der Waals surface area contributed by atoms with Crippen molar-refractivity contribution in [2.45, 2.75) is 13.2 Å². The van der Waals surface area contributed by atoms with Gasteiger partial charge in [0, 0.05) is 26.2 Å². The minimum absolute atomic E-state index is 0.275. The fraction of sp³-hybridized carbons (Fsp3) is 0.333. The topological polar surface area (TPSA) is 50.8 Å². The van der Waals surface area contributed by atoms with Crippen LogP contribution in [0, 0.1) is 0 Å². The van der Waals surface area contributed by atoms with Crippen molar-refractivity contribution in [3.05, 3.63) is 71.8 Å². The fourth-order valence-corrected chi connectivity index (χ4v) is 4.27. The van der Waals surface area contributed by atoms with E-state index in [0.717, 1.165) is 24.2 Å². The van der Waals surface area contributed by atoms with Crippen LogP contribution in [0.25, 0.3) is 0 Å². The van der Waals surface area contributed by atoms with Crippen LogP contribution in [0.4, 0.5) is 0 Å². The Hall–Kier alpha value is -1.49. The van der Waals surface area contributed by atoms with Gasteiger partial charge in [0.25, 0.3) is 0 Å². The Bertz CT molecular complexity index is 613. The SMILES string of the molecule is O=P(OCc1ccccc1)(OCc1ccccc1)N1CCNCC1. The zero-order valence-electron chi connectivity index (χ0n) is 13.6. The van der Waals surface area contributed by atoms with E-state index in [4.69, 9.17) is 9.05 Å². The van der Waals surface area contributed by atoms with Crippen molar-refractivity contribution in [2.75, 3.05) is 26.2 Å². The first kappa shape index (κ1) is 17.3. The van der Waals surface area contributed by atoms with E-state index in [9.17, 15) is 4.57 Å². The normalized spacial score (nSPS) is 16.2. The van der Waals surface area contributed by atoms with Gasteiger partial charge in [0.05, 0.1) is 13.2 Å². The van der Waals surface area contributed by atoms with Gasteiger partial charge >= 0.3 is 7.75 Å². The van der Waals surface area contributed by atoms with E-state index in [0.29, 0.717) is 13.1 Å². The van der Waals surface area contributed by atoms with Crippen molar-refractivity contribution < 1.29 is 13.6 Å². The van der Waals surface area contributed by atoms with Gasteiger partial charge < -0.3 is 5.32 Å². The molecule has 2 aromatic carbocycles. The molecule has 1 N–H and O–H groups in total. The van der Waals surface area contributed by atoms with Gasteiger partial charge in [0.15, 0.2) is 0 Å². The molecule has 0 aromatic heterocycles. The summed E-state index contributed by atoms with van der Waals surface area (Å²) in [6, 6.07) is 19.5. The van der Waals surface area contributed by atoms with Crippen molar-refractivity contribution in [3.63, 3.8) is 0 Å². The molecule has 1 heterocycles. The highest BCUT2D eigenvalue weighted by atomic mass is 31.2. The molecule has 1 fully saturated rings. The summed E-state index contributed by atoms with van der Waals surface area (Å²) in [5.74, 6) is 0. The molecule has 0 radical (unpaired) electrons. The molecule has 0 saturated carbocycles. The lowest BCUT2D eigenvalue weighted by atomic mass is 10.2. The van der Waals surface area contributed by atoms with Gasteiger partial charge in [0.1, 0.15) is 0 Å². The Balaban J connectivity index is 1.68. The van der Waals surface area contributed by atoms with Crippen molar-refractivity contribution in [3.8, 4) is 0 Å². The molecule has 0 atom stereocenters. The van der Waals surface area contributed by atoms with Crippen LogP contribution >= 0.6 is 7.75 Å². The van der Waals surface area contributed by atoms with Crippen LogP contribution < -0.4 is 5.32 Å². The number of nitrogens with one attached hydrogen (secondary N) is 1. The standard InChI is InChI=1S/C18H23N2O3P/c21-24(20-13-11-19-12-14-20,22-15-17-7-3-1-4-8-17)23-16-18-9-5-2-6-10-18/h1-10,19H,11-16H2. The summed E-state index contributed by atoms with van der Waals surface area (Å²) >= 11 is 0. The van der Waals surface area contributed by atoms with Gasteiger partial charge in [-0.2, -0.15) is 0 Å². The summed E-state index contributed by atoms with van der Waals surface area (Å²) < 4.78 is 26.8. The largest absolute Gasteiger partial charge is 0.408 e. The number of piperazine rings is 1. The van der Waals surface area contributed by atoms with Gasteiger partial charge in [-0.3, -0.25) is 9.05 Å². The minimum Gasteiger partial charge on any atom is -0.314 e. The second-order valence-electron chi connectivity index (χ2n) is 5.69. The number of nitrogens with zero attached hydrogens (tertiary/aromatic N) is 1. The van der Waals surface area contributed by atoms with Crippen molar-refractivity contribution in [1.29, 1.82) is 0 Å². The predicted molar refractivity (Wildman–Crippen MR) is 94.5 cm³/mol. The molecule has 128 valence electrons. The van der Waals surface area contributed by atoms with Crippen molar-refractivity contribution in [2.24, 2.45) is 0 Å². The molecule has 1 saturated heterocycles. The molecule has 0 amide bonds. The maximum Gasteiger partial charge on any atom is 0.408 e. The first-order valence-corrected chi connectivity index (χ1v) is 9.69. The minimum atomic E-state index is -3.33. The summed E-state index contributed by atoms with van der Waals surface area (Å²) in [6.45, 7) is 3.43. The van der Waals surface area contributed by atoms with Crippen LogP contribution in [-0.4, -0.2) is 30.8 Å². The Morgan fingerprint density at radius 2 is 1.29 bits per heavy atom. The number of rotatable bonds is 7. The molecule has 5 nitrogen and oxygen atoms in total. The van der Waals surface area contributed by atoms with E-state index in [-0.39, 0.29) is 13.2 Å². The fourth-order valence-electron chi connectivity index (χ4n) is 2.56. The smallest absolute Gasteiger partial charge is 0.314 e. The monoisotopic (exact) mass is 346 g/mol. The van der Waals surface area contributed by atoms with E-state index in [1.54, 1.807) is 0 Å². The molecular weight excluding hydrogens is 323 g/mol. The summed E-state index contributed by atoms with van der Waals surface area (Å²) in [5.41, 5.74) is 1.97. The Kier molecular flexibility index (Phi) is 6.18. The van der Waals surface area contributed by atoms with E-state index in [1.165, 1.54) is 0 Å². The quantitative estimate of drug-likeness (QED) is 0.779. The first-order chi connectivity index (χ1) is 11.8. The maximum absolute atomic E-state index is 13.4. The first-order valence-electron chi connectivity index (χ1n) is 8.19. The van der Waals surface area contributed by atoms with Crippen LogP contribution in [-0.2, 0) is 26.8 Å². The van der Waals surface area contributed by atoms with Crippen LogP contribution in [0.1, 0.15) is 11.1 Å². The molecule has 0 aliphatic carbocycles. The predicted octanol–water partition coefficient (Wildman–Crippen LogP) is 3.43. The number of hydrogen-bond acceptors (Lipinski definition) is 4. The molecule has 1 aliphatic heterocycles. The van der Waals surface area contributed by atoms with Gasteiger partial charge in [-0.1, -0.05) is 60.7 Å². The lowest BCUT2D eigenvalue weighted by Gasteiger charge is -2.33. The van der Waals surface area contributed by atoms with Gasteiger partial charge in [-0.05, 0) is 11.1 Å². The molecular formula is C18H23N2O3P. The second-order valence-corrected chi connectivity index (χ2v) is 7.71. The van der Waals surface area contributed by atoms with Crippen LogP contribution in [0.3, 0.4) is 0 Å². The molecule has 0 bridgehead atoms. The Morgan fingerprint density at radius 1 is 0.833 bits per heavy atom. The third-order valence-corrected chi connectivity index (χ3v) is 5.92. The lowest BCUT2D eigenvalue weighted by molar-refractivity contribution is 0.139. The highest BCUT2D eigenvalue weighted by Gasteiger charge is 2.34. The highest BCUT2D eigenvalue weighted by molar-refractivity contribution is 7.51. The number of hydrogen-bond donors (Lipinski definition) is 1. The van der Waals surface area contributed by atoms with Crippen molar-refractivity contribution in [1.82, 2.24) is 9.99 Å². The highest BCUT2D eigenvalue weighted by Crippen LogP contribution is 2.53. The average Bonchev–Trinajstić information content (AvgIpc) is 2.67. The van der Waals surface area contributed by atoms with Crippen LogP contribution in [0.2, 0.25) is 0 Å². The third-order valence-electron chi connectivity index (χ3n) is 3.91. The van der Waals surface area contributed by atoms with Gasteiger partial charge in [-0.15, -0.1) is 0 Å². The number of benzene rings is 2. The van der Waals surface area contributed by atoms with E-state index in [2.05, 4.69) is 5.32 Å². The molecule has 0 spiro atoms. The summed E-state index contributed by atoms with van der Waals surface area (Å²) in [7, 11) is -3.33. The molecule has 24 heavy (non-hydrogen) atoms. The second kappa shape index (κ2) is 8.56. The Labute approximate surface area is 143 Å². The van der Waals surface area contributed by atoms with Gasteiger partial charge in [0.2, 0.25) is 0 Å². The third kappa shape index (κ3) is 4.76. The molecule has 1 aliphatic rings. The van der Waals surface area contributed by atoms with Crippen LogP contribution in [0.15, 0.2) is 60.7 Å². The molecule has 6 heteroatoms. The maximum atomic E-state index is 13.4. The Morgan fingerprint density at radius 3 is 1.75 bits per heavy atom. The lowest BCUT2D eigenvalue weighted by Crippen LogP contribution is -2.42. The summed E-state index contributed by atoms with van der Waals surface area (Å²) in [6.07, 6.45) is 0. The molecule has 0 unspecified atom stereocenters. The van der Waals surface area contributed by atoms with E-state index < -0.39 is 7.75 Å². The van der Waals surface area contributed by atoms with Crippen molar-refractivity contribution >= 4 is 7.75 Å². The van der Waals surface area contributed by atoms with Gasteiger partial charge in [-0.25, -0.2) is 9.24 Å². The summed E-state index contributed by atoms with van der Waals surface area (Å²) in [4.78, 5) is 0. The van der Waals surface area contributed by atoms with E-state index >= 15 is 0 Å². The molecule has 2 aromatic rings.